The maximum atomic E-state index is 11.3. The van der Waals surface area contributed by atoms with E-state index in [-0.39, 0.29) is 5.76 Å². The number of fused-ring (bicyclic) bond motifs is 1. The second-order valence-electron chi connectivity index (χ2n) is 2.81. The van der Waals surface area contributed by atoms with Crippen molar-refractivity contribution in [3.05, 3.63) is 28.7 Å². The zero-order chi connectivity index (χ0) is 9.42. The lowest BCUT2D eigenvalue weighted by molar-refractivity contribution is 0.513. The number of hydrogen-bond acceptors (Lipinski definition) is 3. The molecule has 0 saturated heterocycles. The fourth-order valence-corrected chi connectivity index (χ4v) is 1.44. The van der Waals surface area contributed by atoms with Gasteiger partial charge in [0.2, 0.25) is 0 Å². The Hall–Kier alpha value is -1.71. The number of benzene rings is 1. The number of rotatable bonds is 1. The average molecular weight is 178 g/mol. The maximum absolute atomic E-state index is 11.3. The minimum Gasteiger partial charge on any atom is -0.408 e. The molecule has 0 radical (unpaired) electrons. The fraction of sp³-hybridized carbons (Fsp3) is 0.222. The summed E-state index contributed by atoms with van der Waals surface area (Å²) in [7, 11) is 0. The van der Waals surface area contributed by atoms with E-state index in [4.69, 9.17) is 10.2 Å². The van der Waals surface area contributed by atoms with Gasteiger partial charge in [-0.15, -0.1) is 0 Å². The van der Waals surface area contributed by atoms with Crippen LogP contribution in [0.1, 0.15) is 6.92 Å². The molecule has 4 heteroatoms. The fourth-order valence-electron chi connectivity index (χ4n) is 1.44. The zero-order valence-electron chi connectivity index (χ0n) is 7.28. The van der Waals surface area contributed by atoms with Crippen LogP contribution < -0.4 is 11.5 Å². The first-order valence-electron chi connectivity index (χ1n) is 4.12. The number of nitrogens with zero attached hydrogens (tertiary/aromatic N) is 1. The Morgan fingerprint density at radius 2 is 2.31 bits per heavy atom. The molecule has 68 valence electrons. The highest BCUT2D eigenvalue weighted by Gasteiger charge is 2.09. The number of para-hydroxylation sites is 1. The number of hydrogen-bond donors (Lipinski definition) is 1. The Bertz CT molecular complexity index is 496. The molecule has 4 nitrogen and oxygen atoms in total. The Morgan fingerprint density at radius 1 is 1.54 bits per heavy atom. The summed E-state index contributed by atoms with van der Waals surface area (Å²) in [6.07, 6.45) is 0. The van der Waals surface area contributed by atoms with Crippen LogP contribution >= 0.6 is 0 Å². The van der Waals surface area contributed by atoms with Crippen molar-refractivity contribution in [1.82, 2.24) is 4.57 Å². The average Bonchev–Trinajstić information content (AvgIpc) is 2.42. The number of nitrogens with two attached hydrogens (primary N) is 1. The quantitative estimate of drug-likeness (QED) is 0.667. The van der Waals surface area contributed by atoms with Gasteiger partial charge in [-0.25, -0.2) is 4.79 Å². The molecular weight excluding hydrogens is 168 g/mol. The first-order valence-corrected chi connectivity index (χ1v) is 4.12. The molecule has 0 fully saturated rings. The summed E-state index contributed by atoms with van der Waals surface area (Å²) < 4.78 is 6.52. The van der Waals surface area contributed by atoms with Gasteiger partial charge in [0.1, 0.15) is 5.52 Å². The molecule has 0 aliphatic heterocycles. The van der Waals surface area contributed by atoms with Crippen molar-refractivity contribution < 1.29 is 4.42 Å². The second kappa shape index (κ2) is 2.65. The summed E-state index contributed by atoms with van der Waals surface area (Å²) in [4.78, 5) is 11.3. The summed E-state index contributed by atoms with van der Waals surface area (Å²) in [6, 6.07) is 5.25. The van der Waals surface area contributed by atoms with Gasteiger partial charge in [-0.1, -0.05) is 6.07 Å². The molecule has 2 rings (SSSR count). The molecule has 1 aromatic heterocycles. The molecule has 0 aliphatic rings. The summed E-state index contributed by atoms with van der Waals surface area (Å²) in [5.74, 6) is -0.351. The Balaban J connectivity index is 2.96. The largest absolute Gasteiger partial charge is 0.420 e. The van der Waals surface area contributed by atoms with Crippen molar-refractivity contribution in [2.75, 3.05) is 5.73 Å². The van der Waals surface area contributed by atoms with E-state index >= 15 is 0 Å². The summed E-state index contributed by atoms with van der Waals surface area (Å²) in [5.41, 5.74) is 7.54. The van der Waals surface area contributed by atoms with E-state index in [0.29, 0.717) is 23.3 Å². The Morgan fingerprint density at radius 3 is 3.00 bits per heavy atom. The predicted octanol–water partition coefficient (Wildman–Crippen LogP) is 1.20. The molecule has 13 heavy (non-hydrogen) atoms. The highest BCUT2D eigenvalue weighted by molar-refractivity contribution is 5.85. The van der Waals surface area contributed by atoms with E-state index in [1.807, 2.05) is 6.92 Å². The van der Waals surface area contributed by atoms with Gasteiger partial charge in [0.05, 0.1) is 5.69 Å². The normalized spacial score (nSPS) is 10.8. The first kappa shape index (κ1) is 7.91. The smallest absolute Gasteiger partial charge is 0.408 e. The molecule has 0 aliphatic carbocycles. The van der Waals surface area contributed by atoms with E-state index in [0.717, 1.165) is 0 Å². The molecule has 0 bridgehead atoms. The van der Waals surface area contributed by atoms with E-state index in [1.54, 1.807) is 18.2 Å². The molecule has 0 amide bonds. The molecule has 1 aromatic carbocycles. The third-order valence-electron chi connectivity index (χ3n) is 2.03. The van der Waals surface area contributed by atoms with Crippen LogP contribution in [0.25, 0.3) is 11.1 Å². The number of aryl methyl sites for hydroxylation is 1. The summed E-state index contributed by atoms with van der Waals surface area (Å²) >= 11 is 0. The number of oxazole rings is 1. The first-order chi connectivity index (χ1) is 6.24. The van der Waals surface area contributed by atoms with E-state index < -0.39 is 0 Å². The van der Waals surface area contributed by atoms with Gasteiger partial charge in [0.15, 0.2) is 5.58 Å². The predicted molar refractivity (Wildman–Crippen MR) is 50.6 cm³/mol. The van der Waals surface area contributed by atoms with Gasteiger partial charge in [0, 0.05) is 6.54 Å². The molecule has 2 aromatic rings. The highest BCUT2D eigenvalue weighted by atomic mass is 16.4. The highest BCUT2D eigenvalue weighted by Crippen LogP contribution is 2.19. The third kappa shape index (κ3) is 1.02. The Kier molecular flexibility index (Phi) is 1.62. The molecule has 0 spiro atoms. The van der Waals surface area contributed by atoms with Gasteiger partial charge in [-0.3, -0.25) is 4.57 Å². The van der Waals surface area contributed by atoms with Crippen LogP contribution in [-0.2, 0) is 6.54 Å². The van der Waals surface area contributed by atoms with Crippen molar-refractivity contribution in [3.8, 4) is 0 Å². The van der Waals surface area contributed by atoms with Gasteiger partial charge >= 0.3 is 5.76 Å². The van der Waals surface area contributed by atoms with Gasteiger partial charge in [-0.05, 0) is 19.1 Å². The minimum atomic E-state index is -0.351. The molecular formula is C9H10N2O2. The lowest BCUT2D eigenvalue weighted by atomic mass is 10.3. The molecule has 1 heterocycles. The van der Waals surface area contributed by atoms with Crippen LogP contribution in [0.3, 0.4) is 0 Å². The summed E-state index contributed by atoms with van der Waals surface area (Å²) in [6.45, 7) is 2.45. The summed E-state index contributed by atoms with van der Waals surface area (Å²) in [5, 5.41) is 0. The minimum absolute atomic E-state index is 0.351. The standard InChI is InChI=1S/C9H10N2O2/c1-2-11-8-6(10)4-3-5-7(8)13-9(11)12/h3-5H,2,10H2,1H3. The molecule has 0 atom stereocenters. The van der Waals surface area contributed by atoms with Gasteiger partial charge in [-0.2, -0.15) is 0 Å². The second-order valence-corrected chi connectivity index (χ2v) is 2.81. The zero-order valence-corrected chi connectivity index (χ0v) is 7.28. The SMILES string of the molecule is CCn1c(=O)oc2cccc(N)c21. The van der Waals surface area contributed by atoms with Crippen LogP contribution in [0.4, 0.5) is 5.69 Å². The van der Waals surface area contributed by atoms with Gasteiger partial charge in [0.25, 0.3) is 0 Å². The van der Waals surface area contributed by atoms with Crippen LogP contribution in [0.5, 0.6) is 0 Å². The monoisotopic (exact) mass is 178 g/mol. The third-order valence-corrected chi connectivity index (χ3v) is 2.03. The van der Waals surface area contributed by atoms with Crippen molar-refractivity contribution in [1.29, 1.82) is 0 Å². The number of aromatic nitrogens is 1. The maximum Gasteiger partial charge on any atom is 0.420 e. The van der Waals surface area contributed by atoms with E-state index in [2.05, 4.69) is 0 Å². The lowest BCUT2D eigenvalue weighted by Gasteiger charge is -1.98. The van der Waals surface area contributed by atoms with Crippen LogP contribution in [0.15, 0.2) is 27.4 Å². The molecule has 0 unspecified atom stereocenters. The topological polar surface area (TPSA) is 61.2 Å². The van der Waals surface area contributed by atoms with E-state index in [1.165, 1.54) is 4.57 Å². The van der Waals surface area contributed by atoms with Crippen molar-refractivity contribution >= 4 is 16.8 Å². The van der Waals surface area contributed by atoms with Crippen molar-refractivity contribution in [2.24, 2.45) is 0 Å². The van der Waals surface area contributed by atoms with Crippen LogP contribution in [0.2, 0.25) is 0 Å². The Labute approximate surface area is 74.6 Å². The number of nitrogen functional groups attached to an aromatic ring is 1. The van der Waals surface area contributed by atoms with Crippen LogP contribution in [0, 0.1) is 0 Å². The van der Waals surface area contributed by atoms with Crippen molar-refractivity contribution in [2.45, 2.75) is 13.5 Å². The molecule has 2 N–H and O–H groups in total. The van der Waals surface area contributed by atoms with Gasteiger partial charge < -0.3 is 10.2 Å². The van der Waals surface area contributed by atoms with E-state index in [9.17, 15) is 4.79 Å². The number of anilines is 1. The van der Waals surface area contributed by atoms with Crippen LogP contribution in [-0.4, -0.2) is 4.57 Å². The lowest BCUT2D eigenvalue weighted by Crippen LogP contribution is -2.12. The van der Waals surface area contributed by atoms with Crippen molar-refractivity contribution in [3.63, 3.8) is 0 Å². The molecule has 0 saturated carbocycles.